The van der Waals surface area contributed by atoms with E-state index in [9.17, 15) is 0 Å². The number of rotatable bonds is 3. The molecule has 1 aliphatic carbocycles. The second-order valence-corrected chi connectivity index (χ2v) is 4.55. The SMILES string of the molecule is NCC1CC(Oc2nncc3ccccc23)C1. The summed E-state index contributed by atoms with van der Waals surface area (Å²) in [5.41, 5.74) is 5.60. The summed E-state index contributed by atoms with van der Waals surface area (Å²) in [5, 5.41) is 10.1. The van der Waals surface area contributed by atoms with Crippen LogP contribution in [0.4, 0.5) is 0 Å². The lowest BCUT2D eigenvalue weighted by molar-refractivity contribution is 0.0655. The van der Waals surface area contributed by atoms with Gasteiger partial charge in [-0.05, 0) is 31.4 Å². The molecule has 2 N–H and O–H groups in total. The summed E-state index contributed by atoms with van der Waals surface area (Å²) >= 11 is 0. The van der Waals surface area contributed by atoms with Crippen LogP contribution in [0.3, 0.4) is 0 Å². The van der Waals surface area contributed by atoms with Crippen molar-refractivity contribution >= 4 is 10.8 Å². The quantitative estimate of drug-likeness (QED) is 0.871. The van der Waals surface area contributed by atoms with Gasteiger partial charge < -0.3 is 10.5 Å². The van der Waals surface area contributed by atoms with Crippen LogP contribution in [0.5, 0.6) is 5.88 Å². The van der Waals surface area contributed by atoms with E-state index in [1.165, 1.54) is 0 Å². The Morgan fingerprint density at radius 3 is 2.94 bits per heavy atom. The van der Waals surface area contributed by atoms with E-state index < -0.39 is 0 Å². The van der Waals surface area contributed by atoms with E-state index in [0.717, 1.165) is 30.2 Å². The lowest BCUT2D eigenvalue weighted by Gasteiger charge is -2.34. The third-order valence-corrected chi connectivity index (χ3v) is 3.34. The molecule has 0 radical (unpaired) electrons. The predicted molar refractivity (Wildman–Crippen MR) is 65.7 cm³/mol. The van der Waals surface area contributed by atoms with Crippen molar-refractivity contribution in [3.63, 3.8) is 0 Å². The number of ether oxygens (including phenoxy) is 1. The summed E-state index contributed by atoms with van der Waals surface area (Å²) in [7, 11) is 0. The maximum absolute atomic E-state index is 5.87. The van der Waals surface area contributed by atoms with Crippen molar-refractivity contribution in [2.45, 2.75) is 18.9 Å². The van der Waals surface area contributed by atoms with E-state index in [2.05, 4.69) is 10.2 Å². The molecule has 3 rings (SSSR count). The number of aromatic nitrogens is 2. The molecule has 0 amide bonds. The minimum Gasteiger partial charge on any atom is -0.473 e. The van der Waals surface area contributed by atoms with Crippen molar-refractivity contribution in [1.82, 2.24) is 10.2 Å². The molecule has 4 nitrogen and oxygen atoms in total. The van der Waals surface area contributed by atoms with Crippen LogP contribution in [-0.4, -0.2) is 22.8 Å². The van der Waals surface area contributed by atoms with Crippen LogP contribution in [0, 0.1) is 5.92 Å². The molecule has 1 aliphatic rings. The largest absolute Gasteiger partial charge is 0.473 e. The zero-order chi connectivity index (χ0) is 11.7. The van der Waals surface area contributed by atoms with Gasteiger partial charge in [0.15, 0.2) is 0 Å². The number of fused-ring (bicyclic) bond motifs is 1. The molecule has 0 bridgehead atoms. The summed E-state index contributed by atoms with van der Waals surface area (Å²) in [5.74, 6) is 1.26. The highest BCUT2D eigenvalue weighted by Gasteiger charge is 2.30. The second-order valence-electron chi connectivity index (χ2n) is 4.55. The summed E-state index contributed by atoms with van der Waals surface area (Å²) in [6.45, 7) is 0.751. The van der Waals surface area contributed by atoms with Gasteiger partial charge in [0, 0.05) is 10.8 Å². The maximum Gasteiger partial charge on any atom is 0.241 e. The molecule has 0 saturated heterocycles. The molecule has 17 heavy (non-hydrogen) atoms. The Morgan fingerprint density at radius 2 is 2.12 bits per heavy atom. The first-order valence-corrected chi connectivity index (χ1v) is 5.94. The van der Waals surface area contributed by atoms with Crippen molar-refractivity contribution in [3.05, 3.63) is 30.5 Å². The fourth-order valence-electron chi connectivity index (χ4n) is 2.21. The topological polar surface area (TPSA) is 61.0 Å². The van der Waals surface area contributed by atoms with Crippen molar-refractivity contribution in [3.8, 4) is 5.88 Å². The fourth-order valence-corrected chi connectivity index (χ4v) is 2.21. The minimum atomic E-state index is 0.253. The van der Waals surface area contributed by atoms with Gasteiger partial charge >= 0.3 is 0 Å². The molecule has 0 aliphatic heterocycles. The molecule has 88 valence electrons. The standard InChI is InChI=1S/C13H15N3O/c14-7-9-5-11(6-9)17-13-12-4-2-1-3-10(12)8-15-16-13/h1-4,8-9,11H,5-7,14H2. The van der Waals surface area contributed by atoms with Gasteiger partial charge in [-0.15, -0.1) is 5.10 Å². The Kier molecular flexibility index (Phi) is 2.65. The second kappa shape index (κ2) is 4.30. The zero-order valence-corrected chi connectivity index (χ0v) is 9.54. The van der Waals surface area contributed by atoms with Gasteiger partial charge in [-0.25, -0.2) is 0 Å². The van der Waals surface area contributed by atoms with E-state index in [1.807, 2.05) is 24.3 Å². The van der Waals surface area contributed by atoms with Gasteiger partial charge in [-0.3, -0.25) is 0 Å². The predicted octanol–water partition coefficient (Wildman–Crippen LogP) is 1.75. The van der Waals surface area contributed by atoms with Gasteiger partial charge in [0.1, 0.15) is 6.10 Å². The van der Waals surface area contributed by atoms with E-state index in [1.54, 1.807) is 6.20 Å². The molecule has 1 aromatic heterocycles. The van der Waals surface area contributed by atoms with Crippen molar-refractivity contribution in [2.24, 2.45) is 11.7 Å². The molecule has 1 aromatic carbocycles. The van der Waals surface area contributed by atoms with Gasteiger partial charge in [0.05, 0.1) is 6.20 Å². The summed E-state index contributed by atoms with van der Waals surface area (Å²) in [6.07, 6.45) is 4.07. The highest BCUT2D eigenvalue weighted by molar-refractivity contribution is 5.85. The first-order valence-electron chi connectivity index (χ1n) is 5.94. The van der Waals surface area contributed by atoms with Crippen LogP contribution in [0.15, 0.2) is 30.5 Å². The third kappa shape index (κ3) is 1.96. The highest BCUT2D eigenvalue weighted by Crippen LogP contribution is 2.32. The van der Waals surface area contributed by atoms with Gasteiger partial charge in [0.2, 0.25) is 5.88 Å². The highest BCUT2D eigenvalue weighted by atomic mass is 16.5. The molecule has 1 saturated carbocycles. The number of hydrogen-bond acceptors (Lipinski definition) is 4. The van der Waals surface area contributed by atoms with Crippen LogP contribution in [0.25, 0.3) is 10.8 Å². The van der Waals surface area contributed by atoms with Gasteiger partial charge in [-0.1, -0.05) is 18.2 Å². The van der Waals surface area contributed by atoms with Gasteiger partial charge in [-0.2, -0.15) is 5.10 Å². The summed E-state index contributed by atoms with van der Waals surface area (Å²) in [4.78, 5) is 0. The number of hydrogen-bond donors (Lipinski definition) is 1. The van der Waals surface area contributed by atoms with Crippen molar-refractivity contribution in [2.75, 3.05) is 6.54 Å². The first kappa shape index (κ1) is 10.5. The van der Waals surface area contributed by atoms with Crippen LogP contribution in [0.2, 0.25) is 0 Å². The van der Waals surface area contributed by atoms with Crippen LogP contribution in [-0.2, 0) is 0 Å². The molecule has 0 atom stereocenters. The average molecular weight is 229 g/mol. The molecule has 1 heterocycles. The van der Waals surface area contributed by atoms with E-state index in [0.29, 0.717) is 11.8 Å². The molecule has 1 fully saturated rings. The smallest absolute Gasteiger partial charge is 0.241 e. The Balaban J connectivity index is 1.81. The Labute approximate surface area is 99.8 Å². The third-order valence-electron chi connectivity index (χ3n) is 3.34. The van der Waals surface area contributed by atoms with Crippen LogP contribution < -0.4 is 10.5 Å². The normalized spacial score (nSPS) is 23.4. The van der Waals surface area contributed by atoms with E-state index in [4.69, 9.17) is 10.5 Å². The average Bonchev–Trinajstić information content (AvgIpc) is 2.33. The Hall–Kier alpha value is -1.68. The Bertz CT molecular complexity index is 518. The summed E-state index contributed by atoms with van der Waals surface area (Å²) < 4.78 is 5.87. The number of benzene rings is 1. The fraction of sp³-hybridized carbons (Fsp3) is 0.385. The number of nitrogens with two attached hydrogens (primary N) is 1. The zero-order valence-electron chi connectivity index (χ0n) is 9.54. The van der Waals surface area contributed by atoms with Gasteiger partial charge in [0.25, 0.3) is 0 Å². The molecule has 4 heteroatoms. The van der Waals surface area contributed by atoms with E-state index in [-0.39, 0.29) is 6.10 Å². The maximum atomic E-state index is 5.87. The molecule has 0 unspecified atom stereocenters. The molecule has 0 spiro atoms. The first-order chi connectivity index (χ1) is 8.36. The molecule has 2 aromatic rings. The molecular weight excluding hydrogens is 214 g/mol. The molecular formula is C13H15N3O. The Morgan fingerprint density at radius 1 is 1.29 bits per heavy atom. The van der Waals surface area contributed by atoms with Crippen LogP contribution in [0.1, 0.15) is 12.8 Å². The monoisotopic (exact) mass is 229 g/mol. The van der Waals surface area contributed by atoms with E-state index >= 15 is 0 Å². The van der Waals surface area contributed by atoms with Crippen LogP contribution >= 0.6 is 0 Å². The lowest BCUT2D eigenvalue weighted by Crippen LogP contribution is -2.38. The lowest BCUT2D eigenvalue weighted by atomic mass is 9.82. The minimum absolute atomic E-state index is 0.253. The van der Waals surface area contributed by atoms with Crippen molar-refractivity contribution < 1.29 is 4.74 Å². The summed E-state index contributed by atoms with van der Waals surface area (Å²) in [6, 6.07) is 8.00. The van der Waals surface area contributed by atoms with Crippen molar-refractivity contribution in [1.29, 1.82) is 0 Å². The number of nitrogens with zero attached hydrogens (tertiary/aromatic N) is 2.